The summed E-state index contributed by atoms with van der Waals surface area (Å²) < 4.78 is 0. The molecule has 2 aromatic carbocycles. The van der Waals surface area contributed by atoms with Gasteiger partial charge in [0, 0.05) is 6.54 Å². The first-order chi connectivity index (χ1) is 12.4. The van der Waals surface area contributed by atoms with Crippen LogP contribution in [0.25, 0.3) is 0 Å². The highest BCUT2D eigenvalue weighted by Gasteiger charge is 2.13. The van der Waals surface area contributed by atoms with E-state index in [1.165, 1.54) is 11.8 Å². The number of nitrogens with zero attached hydrogens (tertiary/aromatic N) is 1. The van der Waals surface area contributed by atoms with E-state index in [2.05, 4.69) is 36.6 Å². The van der Waals surface area contributed by atoms with Crippen LogP contribution in [0.5, 0.6) is 0 Å². The first-order valence-corrected chi connectivity index (χ1v) is 8.62. The Labute approximate surface area is 154 Å². The van der Waals surface area contributed by atoms with Crippen molar-refractivity contribution in [2.75, 3.05) is 6.54 Å². The van der Waals surface area contributed by atoms with Crippen LogP contribution in [0.4, 0.5) is 0 Å². The third kappa shape index (κ3) is 6.16. The smallest absolute Gasteiger partial charge is 0.329 e. The number of hydrogen-bond acceptors (Lipinski definition) is 3. The van der Waals surface area contributed by atoms with E-state index >= 15 is 0 Å². The molecular formula is C21H25N3O2. The van der Waals surface area contributed by atoms with Crippen molar-refractivity contribution in [3.05, 3.63) is 71.3 Å². The zero-order valence-electron chi connectivity index (χ0n) is 15.5. The van der Waals surface area contributed by atoms with Crippen molar-refractivity contribution in [2.24, 2.45) is 5.10 Å². The summed E-state index contributed by atoms with van der Waals surface area (Å²) in [6.07, 6.45) is 2.19. The van der Waals surface area contributed by atoms with Gasteiger partial charge in [-0.1, -0.05) is 75.4 Å². The molecule has 0 heterocycles. The molecule has 2 aromatic rings. The van der Waals surface area contributed by atoms with Crippen molar-refractivity contribution in [1.82, 2.24) is 10.7 Å². The Morgan fingerprint density at radius 3 is 2.23 bits per heavy atom. The maximum atomic E-state index is 11.7. The Kier molecular flexibility index (Phi) is 6.67. The highest BCUT2D eigenvalue weighted by atomic mass is 16.2. The van der Waals surface area contributed by atoms with Crippen molar-refractivity contribution in [2.45, 2.75) is 32.6 Å². The Hall–Kier alpha value is -2.95. The Morgan fingerprint density at radius 1 is 0.962 bits per heavy atom. The maximum absolute atomic E-state index is 11.7. The van der Waals surface area contributed by atoms with Gasteiger partial charge in [-0.25, -0.2) is 5.43 Å². The number of hydrogen-bond donors (Lipinski definition) is 2. The predicted octanol–water partition coefficient (Wildman–Crippen LogP) is 2.79. The molecule has 0 aliphatic rings. The first kappa shape index (κ1) is 19.4. The maximum Gasteiger partial charge on any atom is 0.329 e. The molecule has 0 radical (unpaired) electrons. The van der Waals surface area contributed by atoms with Gasteiger partial charge in [-0.3, -0.25) is 9.59 Å². The number of benzene rings is 2. The molecule has 2 rings (SSSR count). The third-order valence-corrected chi connectivity index (χ3v) is 3.90. The summed E-state index contributed by atoms with van der Waals surface area (Å²) in [5.74, 6) is -1.47. The average molecular weight is 351 g/mol. The fourth-order valence-corrected chi connectivity index (χ4v) is 2.33. The second-order valence-electron chi connectivity index (χ2n) is 7.06. The van der Waals surface area contributed by atoms with Crippen LogP contribution in [-0.2, 0) is 21.4 Å². The van der Waals surface area contributed by atoms with Crippen molar-refractivity contribution in [3.63, 3.8) is 0 Å². The molecule has 0 atom stereocenters. The minimum atomic E-state index is -0.777. The van der Waals surface area contributed by atoms with Gasteiger partial charge >= 0.3 is 11.8 Å². The van der Waals surface area contributed by atoms with E-state index in [0.29, 0.717) is 13.0 Å². The number of rotatable bonds is 5. The Morgan fingerprint density at radius 2 is 1.62 bits per heavy atom. The lowest BCUT2D eigenvalue weighted by molar-refractivity contribution is -0.139. The lowest BCUT2D eigenvalue weighted by Gasteiger charge is -2.18. The average Bonchev–Trinajstić information content (AvgIpc) is 2.62. The number of hydrazone groups is 1. The zero-order chi connectivity index (χ0) is 19.0. The van der Waals surface area contributed by atoms with Gasteiger partial charge in [0.15, 0.2) is 0 Å². The highest BCUT2D eigenvalue weighted by molar-refractivity contribution is 6.35. The van der Waals surface area contributed by atoms with Gasteiger partial charge in [-0.2, -0.15) is 5.10 Å². The highest BCUT2D eigenvalue weighted by Crippen LogP contribution is 2.21. The molecule has 0 bridgehead atoms. The van der Waals surface area contributed by atoms with Crippen LogP contribution in [0, 0.1) is 0 Å². The molecule has 5 heteroatoms. The molecule has 2 N–H and O–H groups in total. The first-order valence-electron chi connectivity index (χ1n) is 8.62. The fraction of sp³-hybridized carbons (Fsp3) is 0.286. The van der Waals surface area contributed by atoms with Gasteiger partial charge in [-0.15, -0.1) is 0 Å². The second kappa shape index (κ2) is 8.94. The Bertz CT molecular complexity index is 760. The lowest BCUT2D eigenvalue weighted by Crippen LogP contribution is -2.38. The third-order valence-electron chi connectivity index (χ3n) is 3.90. The standard InChI is InChI=1S/C21H25N3O2/c1-21(2,3)18-11-9-17(10-12-18)15-23-24-20(26)19(25)22-14-13-16-7-5-4-6-8-16/h4-12,15H,13-14H2,1-3H3,(H,22,25)(H,24,26)/b23-15-. The summed E-state index contributed by atoms with van der Waals surface area (Å²) in [6.45, 7) is 6.83. The van der Waals surface area contributed by atoms with Gasteiger partial charge in [0.25, 0.3) is 0 Å². The zero-order valence-corrected chi connectivity index (χ0v) is 15.5. The van der Waals surface area contributed by atoms with Crippen LogP contribution in [0.1, 0.15) is 37.5 Å². The van der Waals surface area contributed by atoms with E-state index in [-0.39, 0.29) is 5.41 Å². The van der Waals surface area contributed by atoms with Gasteiger partial charge in [0.1, 0.15) is 0 Å². The predicted molar refractivity (Wildman–Crippen MR) is 104 cm³/mol. The van der Waals surface area contributed by atoms with Crippen molar-refractivity contribution in [1.29, 1.82) is 0 Å². The molecule has 0 saturated carbocycles. The molecule has 0 aliphatic carbocycles. The summed E-state index contributed by atoms with van der Waals surface area (Å²) >= 11 is 0. The molecular weight excluding hydrogens is 326 g/mol. The van der Waals surface area contributed by atoms with Gasteiger partial charge in [-0.05, 0) is 28.5 Å². The SMILES string of the molecule is CC(C)(C)c1ccc(/C=N\NC(=O)C(=O)NCCc2ccccc2)cc1. The molecule has 5 nitrogen and oxygen atoms in total. The normalized spacial score (nSPS) is 11.3. The number of amides is 2. The van der Waals surface area contributed by atoms with Crippen LogP contribution in [0.3, 0.4) is 0 Å². The van der Waals surface area contributed by atoms with Gasteiger partial charge in [0.05, 0.1) is 6.21 Å². The summed E-state index contributed by atoms with van der Waals surface area (Å²) in [4.78, 5) is 23.5. The molecule has 0 saturated heterocycles. The second-order valence-corrected chi connectivity index (χ2v) is 7.06. The molecule has 0 aromatic heterocycles. The van der Waals surface area contributed by atoms with Crippen LogP contribution < -0.4 is 10.7 Å². The molecule has 0 unspecified atom stereocenters. The number of nitrogens with one attached hydrogen (secondary N) is 2. The summed E-state index contributed by atoms with van der Waals surface area (Å²) in [6, 6.07) is 17.7. The molecule has 2 amide bonds. The van der Waals surface area contributed by atoms with Crippen LogP contribution in [0.15, 0.2) is 59.7 Å². The van der Waals surface area contributed by atoms with Crippen LogP contribution >= 0.6 is 0 Å². The quantitative estimate of drug-likeness (QED) is 0.494. The molecule has 0 fully saturated rings. The molecule has 0 aliphatic heterocycles. The topological polar surface area (TPSA) is 70.6 Å². The lowest BCUT2D eigenvalue weighted by atomic mass is 9.87. The molecule has 0 spiro atoms. The van der Waals surface area contributed by atoms with E-state index in [1.54, 1.807) is 0 Å². The van der Waals surface area contributed by atoms with Crippen LogP contribution in [0.2, 0.25) is 0 Å². The van der Waals surface area contributed by atoms with Crippen molar-refractivity contribution in [3.8, 4) is 0 Å². The minimum Gasteiger partial charge on any atom is -0.347 e. The van der Waals surface area contributed by atoms with E-state index < -0.39 is 11.8 Å². The monoisotopic (exact) mass is 351 g/mol. The van der Waals surface area contributed by atoms with Crippen LogP contribution in [-0.4, -0.2) is 24.6 Å². The summed E-state index contributed by atoms with van der Waals surface area (Å²) in [5.41, 5.74) is 5.50. The van der Waals surface area contributed by atoms with Crippen molar-refractivity contribution < 1.29 is 9.59 Å². The number of carbonyl (C=O) groups excluding carboxylic acids is 2. The van der Waals surface area contributed by atoms with Crippen molar-refractivity contribution >= 4 is 18.0 Å². The van der Waals surface area contributed by atoms with E-state index in [1.807, 2.05) is 54.6 Å². The number of carbonyl (C=O) groups is 2. The Balaban J connectivity index is 1.76. The molecule has 26 heavy (non-hydrogen) atoms. The minimum absolute atomic E-state index is 0.0850. The summed E-state index contributed by atoms with van der Waals surface area (Å²) in [5, 5.41) is 6.41. The van der Waals surface area contributed by atoms with E-state index in [4.69, 9.17) is 0 Å². The van der Waals surface area contributed by atoms with E-state index in [9.17, 15) is 9.59 Å². The molecule has 136 valence electrons. The largest absolute Gasteiger partial charge is 0.347 e. The summed E-state index contributed by atoms with van der Waals surface area (Å²) in [7, 11) is 0. The van der Waals surface area contributed by atoms with Gasteiger partial charge < -0.3 is 5.32 Å². The fourth-order valence-electron chi connectivity index (χ4n) is 2.33. The van der Waals surface area contributed by atoms with Gasteiger partial charge in [0.2, 0.25) is 0 Å². The van der Waals surface area contributed by atoms with E-state index in [0.717, 1.165) is 11.1 Å².